The summed E-state index contributed by atoms with van der Waals surface area (Å²) in [6, 6.07) is 32.3. The van der Waals surface area contributed by atoms with E-state index in [1.807, 2.05) is 6.07 Å². The van der Waals surface area contributed by atoms with E-state index in [9.17, 15) is 0 Å². The second-order valence-electron chi connectivity index (χ2n) is 9.35. The zero-order chi connectivity index (χ0) is 21.6. The van der Waals surface area contributed by atoms with Crippen molar-refractivity contribution in [3.63, 3.8) is 0 Å². The molecule has 3 heteroatoms. The van der Waals surface area contributed by atoms with Gasteiger partial charge in [-0.25, -0.2) is 0 Å². The van der Waals surface area contributed by atoms with Crippen LogP contribution < -0.4 is 5.46 Å². The molecular formula is C28H27BO2. The first-order chi connectivity index (χ1) is 14.8. The molecule has 5 rings (SSSR count). The van der Waals surface area contributed by atoms with Crippen LogP contribution in [0.5, 0.6) is 0 Å². The van der Waals surface area contributed by atoms with Crippen LogP contribution in [0.1, 0.15) is 27.7 Å². The van der Waals surface area contributed by atoms with Gasteiger partial charge in [-0.2, -0.15) is 0 Å². The van der Waals surface area contributed by atoms with Crippen LogP contribution in [0.4, 0.5) is 0 Å². The molecule has 0 radical (unpaired) electrons. The van der Waals surface area contributed by atoms with Crippen LogP contribution in [0.15, 0.2) is 91.0 Å². The largest absolute Gasteiger partial charge is 0.494 e. The highest BCUT2D eigenvalue weighted by Gasteiger charge is 2.51. The highest BCUT2D eigenvalue weighted by atomic mass is 16.7. The van der Waals surface area contributed by atoms with Crippen molar-refractivity contribution in [3.8, 4) is 22.3 Å². The first kappa shape index (κ1) is 20.1. The number of hydrogen-bond acceptors (Lipinski definition) is 2. The van der Waals surface area contributed by atoms with E-state index in [2.05, 4.69) is 113 Å². The molecule has 1 aliphatic heterocycles. The lowest BCUT2D eigenvalue weighted by molar-refractivity contribution is 0.00578. The highest BCUT2D eigenvalue weighted by Crippen LogP contribution is 2.36. The summed E-state index contributed by atoms with van der Waals surface area (Å²) in [5, 5.41) is 2.40. The van der Waals surface area contributed by atoms with Gasteiger partial charge in [0.15, 0.2) is 0 Å². The molecule has 0 amide bonds. The lowest BCUT2D eigenvalue weighted by Crippen LogP contribution is -2.41. The molecule has 154 valence electrons. The molecule has 0 aromatic heterocycles. The van der Waals surface area contributed by atoms with E-state index in [1.165, 1.54) is 33.0 Å². The second kappa shape index (κ2) is 7.37. The summed E-state index contributed by atoms with van der Waals surface area (Å²) in [4.78, 5) is 0. The lowest BCUT2D eigenvalue weighted by atomic mass is 9.78. The highest BCUT2D eigenvalue weighted by molar-refractivity contribution is 6.62. The Kier molecular flexibility index (Phi) is 4.77. The molecule has 1 saturated heterocycles. The fraction of sp³-hybridized carbons (Fsp3) is 0.214. The van der Waals surface area contributed by atoms with Crippen LogP contribution >= 0.6 is 0 Å². The molecule has 0 atom stereocenters. The summed E-state index contributed by atoms with van der Waals surface area (Å²) >= 11 is 0. The smallest absolute Gasteiger partial charge is 0.399 e. The molecule has 0 N–H and O–H groups in total. The number of rotatable bonds is 3. The quantitative estimate of drug-likeness (QED) is 0.363. The maximum Gasteiger partial charge on any atom is 0.494 e. The van der Waals surface area contributed by atoms with Crippen molar-refractivity contribution in [2.45, 2.75) is 38.9 Å². The van der Waals surface area contributed by atoms with Gasteiger partial charge >= 0.3 is 7.12 Å². The van der Waals surface area contributed by atoms with Crippen molar-refractivity contribution >= 4 is 23.4 Å². The SMILES string of the molecule is CC1(C)OB(c2ccc3cc(-c4ccc(-c5ccccc5)cc4)ccc3c2)OC1(C)C. The minimum Gasteiger partial charge on any atom is -0.399 e. The van der Waals surface area contributed by atoms with E-state index in [0.29, 0.717) is 0 Å². The average Bonchev–Trinajstić information content (AvgIpc) is 3.00. The fourth-order valence-electron chi connectivity index (χ4n) is 4.06. The standard InChI is InChI=1S/C28H27BO2/c1-27(2)28(3,4)31-29(30-27)26-17-16-24-18-23(14-15-25(24)19-26)22-12-10-21(11-13-22)20-8-6-5-7-9-20/h5-19H,1-4H3. The van der Waals surface area contributed by atoms with Crippen molar-refractivity contribution in [1.29, 1.82) is 0 Å². The minimum atomic E-state index is -0.334. The molecule has 1 aliphatic rings. The third-order valence-electron chi connectivity index (χ3n) is 6.72. The van der Waals surface area contributed by atoms with Gasteiger partial charge in [0, 0.05) is 0 Å². The monoisotopic (exact) mass is 406 g/mol. The van der Waals surface area contributed by atoms with E-state index in [4.69, 9.17) is 9.31 Å². The fourth-order valence-corrected chi connectivity index (χ4v) is 4.06. The number of hydrogen-bond donors (Lipinski definition) is 0. The molecule has 0 bridgehead atoms. The van der Waals surface area contributed by atoms with Gasteiger partial charge in [0.25, 0.3) is 0 Å². The third-order valence-corrected chi connectivity index (χ3v) is 6.72. The average molecular weight is 406 g/mol. The van der Waals surface area contributed by atoms with Gasteiger partial charge in [-0.1, -0.05) is 84.9 Å². The summed E-state index contributed by atoms with van der Waals surface area (Å²) in [5.41, 5.74) is 5.31. The Bertz CT molecular complexity index is 1210. The van der Waals surface area contributed by atoms with Crippen molar-refractivity contribution in [1.82, 2.24) is 0 Å². The van der Waals surface area contributed by atoms with Crippen LogP contribution in [0, 0.1) is 0 Å². The van der Waals surface area contributed by atoms with Gasteiger partial charge in [0.05, 0.1) is 11.2 Å². The molecule has 4 aromatic rings. The van der Waals surface area contributed by atoms with E-state index in [1.54, 1.807) is 0 Å². The Hall–Kier alpha value is -2.88. The number of fused-ring (bicyclic) bond motifs is 1. The van der Waals surface area contributed by atoms with Gasteiger partial charge in [0.1, 0.15) is 0 Å². The van der Waals surface area contributed by atoms with Crippen molar-refractivity contribution in [2.75, 3.05) is 0 Å². The molecule has 0 saturated carbocycles. The third kappa shape index (κ3) is 3.69. The summed E-state index contributed by atoms with van der Waals surface area (Å²) in [5.74, 6) is 0. The van der Waals surface area contributed by atoms with E-state index in [0.717, 1.165) is 5.46 Å². The van der Waals surface area contributed by atoms with Crippen LogP contribution in [-0.4, -0.2) is 18.3 Å². The Morgan fingerprint density at radius 1 is 0.516 bits per heavy atom. The molecule has 0 aliphatic carbocycles. The summed E-state index contributed by atoms with van der Waals surface area (Å²) < 4.78 is 12.4. The maximum atomic E-state index is 6.22. The molecular weight excluding hydrogens is 379 g/mol. The molecule has 2 nitrogen and oxygen atoms in total. The Morgan fingerprint density at radius 3 is 1.65 bits per heavy atom. The molecule has 0 spiro atoms. The molecule has 31 heavy (non-hydrogen) atoms. The summed E-state index contributed by atoms with van der Waals surface area (Å²) in [6.07, 6.45) is 0. The molecule has 1 heterocycles. The zero-order valence-electron chi connectivity index (χ0n) is 18.6. The normalized spacial score (nSPS) is 17.2. The predicted molar refractivity (Wildman–Crippen MR) is 131 cm³/mol. The van der Waals surface area contributed by atoms with Crippen LogP contribution in [0.3, 0.4) is 0 Å². The van der Waals surface area contributed by atoms with Gasteiger partial charge in [-0.3, -0.25) is 0 Å². The van der Waals surface area contributed by atoms with Crippen molar-refractivity contribution in [3.05, 3.63) is 91.0 Å². The van der Waals surface area contributed by atoms with E-state index >= 15 is 0 Å². The Labute approximate surface area is 185 Å². The predicted octanol–water partition coefficient (Wildman–Crippen LogP) is 6.47. The topological polar surface area (TPSA) is 18.5 Å². The van der Waals surface area contributed by atoms with Crippen LogP contribution in [0.2, 0.25) is 0 Å². The van der Waals surface area contributed by atoms with E-state index in [-0.39, 0.29) is 18.3 Å². The van der Waals surface area contributed by atoms with Crippen LogP contribution in [-0.2, 0) is 9.31 Å². The Morgan fingerprint density at radius 2 is 1.00 bits per heavy atom. The first-order valence-electron chi connectivity index (χ1n) is 10.9. The molecule has 0 unspecified atom stereocenters. The summed E-state index contributed by atoms with van der Waals surface area (Å²) in [6.45, 7) is 8.35. The van der Waals surface area contributed by atoms with Crippen molar-refractivity contribution < 1.29 is 9.31 Å². The lowest BCUT2D eigenvalue weighted by Gasteiger charge is -2.32. The maximum absolute atomic E-state index is 6.22. The van der Waals surface area contributed by atoms with Gasteiger partial charge in [0.2, 0.25) is 0 Å². The van der Waals surface area contributed by atoms with Crippen molar-refractivity contribution in [2.24, 2.45) is 0 Å². The Balaban J connectivity index is 1.42. The number of benzene rings is 4. The van der Waals surface area contributed by atoms with Gasteiger partial charge in [-0.05, 0) is 72.3 Å². The van der Waals surface area contributed by atoms with E-state index < -0.39 is 0 Å². The van der Waals surface area contributed by atoms with Gasteiger partial charge < -0.3 is 9.31 Å². The second-order valence-corrected chi connectivity index (χ2v) is 9.35. The molecule has 1 fully saturated rings. The zero-order valence-corrected chi connectivity index (χ0v) is 18.6. The molecule has 4 aromatic carbocycles. The van der Waals surface area contributed by atoms with Crippen LogP contribution in [0.25, 0.3) is 33.0 Å². The summed E-state index contributed by atoms with van der Waals surface area (Å²) in [7, 11) is -0.334. The minimum absolute atomic E-state index is 0.331. The van der Waals surface area contributed by atoms with Gasteiger partial charge in [-0.15, -0.1) is 0 Å². The first-order valence-corrected chi connectivity index (χ1v) is 10.9.